The van der Waals surface area contributed by atoms with Crippen LogP contribution in [0.3, 0.4) is 0 Å². The topological polar surface area (TPSA) is 3.01 Å². The Balaban J connectivity index is 2.45. The number of thioether (sulfide) groups is 1. The second-order valence-corrected chi connectivity index (χ2v) is 2.24. The van der Waals surface area contributed by atoms with Crippen LogP contribution < -0.4 is 0 Å². The Bertz CT molecular complexity index is 77.6. The molecule has 0 aromatic carbocycles. The van der Waals surface area contributed by atoms with Crippen molar-refractivity contribution in [2.24, 2.45) is 0 Å². The van der Waals surface area contributed by atoms with Gasteiger partial charge in [0.2, 0.25) is 7.05 Å². The van der Waals surface area contributed by atoms with Gasteiger partial charge in [0.25, 0.3) is 0 Å². The molecule has 1 nitrogen and oxygen atoms in total. The number of hydrogen-bond acceptors (Lipinski definition) is 1. The molecule has 1 aliphatic rings. The maximum atomic E-state index is 3.69. The Labute approximate surface area is 42.1 Å². The number of hydrogen-bond donors (Lipinski definition) is 0. The van der Waals surface area contributed by atoms with E-state index in [9.17, 15) is 0 Å². The molecule has 0 amide bonds. The monoisotopic (exact) mass is 101 g/mol. The third-order valence-corrected chi connectivity index (χ3v) is 1.59. The van der Waals surface area contributed by atoms with Crippen LogP contribution in [-0.2, 0) is 0 Å². The van der Waals surface area contributed by atoms with E-state index in [1.54, 1.807) is 0 Å². The van der Waals surface area contributed by atoms with Crippen molar-refractivity contribution in [3.63, 3.8) is 0 Å². The standard InChI is InChI=1S/C4H7NS/c1-5-2-3-6-4-5/h4H,1-3H2/q+1. The molecule has 0 aromatic heterocycles. The molecule has 0 saturated heterocycles. The molecule has 1 aliphatic heterocycles. The summed E-state index contributed by atoms with van der Waals surface area (Å²) in [5.74, 6) is 1.21. The lowest BCUT2D eigenvalue weighted by Crippen LogP contribution is -1.96. The van der Waals surface area contributed by atoms with Crippen molar-refractivity contribution in [2.45, 2.75) is 0 Å². The summed E-state index contributed by atoms with van der Waals surface area (Å²) in [4.78, 5) is 0. The van der Waals surface area contributed by atoms with Gasteiger partial charge in [-0.3, -0.25) is 0 Å². The quantitative estimate of drug-likeness (QED) is 0.403. The summed E-state index contributed by atoms with van der Waals surface area (Å²) in [5.41, 5.74) is 2.04. The van der Waals surface area contributed by atoms with Crippen LogP contribution in [0, 0.1) is 7.05 Å². The lowest BCUT2D eigenvalue weighted by molar-refractivity contribution is -0.448. The highest BCUT2D eigenvalue weighted by atomic mass is 32.2. The lowest BCUT2D eigenvalue weighted by atomic mass is 10.7. The Kier molecular flexibility index (Phi) is 1.15. The summed E-state index contributed by atoms with van der Waals surface area (Å²) in [7, 11) is 3.69. The first-order valence-corrected chi connectivity index (χ1v) is 2.96. The number of rotatable bonds is 0. The van der Waals surface area contributed by atoms with Crippen LogP contribution >= 0.6 is 11.8 Å². The van der Waals surface area contributed by atoms with Gasteiger partial charge in [-0.1, -0.05) is 11.8 Å². The van der Waals surface area contributed by atoms with Crippen molar-refractivity contribution >= 4 is 17.3 Å². The molecule has 1 heterocycles. The highest BCUT2D eigenvalue weighted by Crippen LogP contribution is 1.99. The van der Waals surface area contributed by atoms with Crippen LogP contribution in [0.25, 0.3) is 0 Å². The molecule has 33 valence electrons. The Hall–Kier alpha value is 0.0200. The van der Waals surface area contributed by atoms with Crippen molar-refractivity contribution in [3.05, 3.63) is 7.05 Å². The molecule has 0 aromatic rings. The van der Waals surface area contributed by atoms with E-state index in [0.29, 0.717) is 0 Å². The van der Waals surface area contributed by atoms with Gasteiger partial charge < -0.3 is 0 Å². The normalized spacial score (nSPS) is 21.2. The number of nitrogens with zero attached hydrogens (tertiary/aromatic N) is 1. The first-order chi connectivity index (χ1) is 2.89. The second kappa shape index (κ2) is 1.65. The van der Waals surface area contributed by atoms with Gasteiger partial charge in [-0.15, -0.1) is 0 Å². The van der Waals surface area contributed by atoms with Gasteiger partial charge in [-0.25, -0.2) is 4.58 Å². The Morgan fingerprint density at radius 1 is 1.83 bits per heavy atom. The SMILES string of the molecule is [CH2][N+]1=CSCC1. The molecule has 0 atom stereocenters. The summed E-state index contributed by atoms with van der Waals surface area (Å²) in [6.45, 7) is 1.12. The molecule has 0 unspecified atom stereocenters. The summed E-state index contributed by atoms with van der Waals surface area (Å²) in [6, 6.07) is 0. The average Bonchev–Trinajstić information content (AvgIpc) is 1.86. The molecular weight excluding hydrogens is 94.1 g/mol. The van der Waals surface area contributed by atoms with Gasteiger partial charge in [0.05, 0.1) is 5.75 Å². The van der Waals surface area contributed by atoms with Crippen molar-refractivity contribution in [1.29, 1.82) is 0 Å². The first-order valence-electron chi connectivity index (χ1n) is 1.92. The fourth-order valence-corrected chi connectivity index (χ4v) is 1.14. The van der Waals surface area contributed by atoms with Gasteiger partial charge >= 0.3 is 0 Å². The fourth-order valence-electron chi connectivity index (χ4n) is 0.381. The summed E-state index contributed by atoms with van der Waals surface area (Å²) >= 11 is 1.82. The maximum absolute atomic E-state index is 3.69. The smallest absolute Gasteiger partial charge is 0.201 e. The third kappa shape index (κ3) is 0.744. The lowest BCUT2D eigenvalue weighted by Gasteiger charge is -1.74. The zero-order valence-electron chi connectivity index (χ0n) is 3.55. The van der Waals surface area contributed by atoms with Crippen LogP contribution in [0.2, 0.25) is 0 Å². The third-order valence-electron chi connectivity index (χ3n) is 0.720. The van der Waals surface area contributed by atoms with Crippen molar-refractivity contribution in [3.8, 4) is 0 Å². The van der Waals surface area contributed by atoms with Gasteiger partial charge in [-0.2, -0.15) is 0 Å². The molecule has 0 bridgehead atoms. The summed E-state index contributed by atoms with van der Waals surface area (Å²) in [6.07, 6.45) is 0. The van der Waals surface area contributed by atoms with E-state index in [1.807, 2.05) is 21.9 Å². The minimum Gasteiger partial charge on any atom is -0.223 e. The highest BCUT2D eigenvalue weighted by molar-refractivity contribution is 8.12. The average molecular weight is 101 g/mol. The zero-order valence-corrected chi connectivity index (χ0v) is 4.37. The van der Waals surface area contributed by atoms with Gasteiger partial charge in [0, 0.05) is 0 Å². The predicted octanol–water partition coefficient (Wildman–Crippen LogP) is 0.566. The molecule has 6 heavy (non-hydrogen) atoms. The fraction of sp³-hybridized carbons (Fsp3) is 0.500. The summed E-state index contributed by atoms with van der Waals surface area (Å²) < 4.78 is 1.95. The predicted molar refractivity (Wildman–Crippen MR) is 29.0 cm³/mol. The minimum absolute atomic E-state index is 1.12. The Morgan fingerprint density at radius 3 is 2.83 bits per heavy atom. The van der Waals surface area contributed by atoms with Crippen molar-refractivity contribution < 1.29 is 4.58 Å². The second-order valence-electron chi connectivity index (χ2n) is 1.29. The highest BCUT2D eigenvalue weighted by Gasteiger charge is 2.03. The molecule has 1 rings (SSSR count). The van der Waals surface area contributed by atoms with Crippen LogP contribution in [0.15, 0.2) is 0 Å². The zero-order chi connectivity index (χ0) is 4.41. The molecule has 0 spiro atoms. The maximum Gasteiger partial charge on any atom is 0.201 e. The van der Waals surface area contributed by atoms with E-state index in [0.717, 1.165) is 6.54 Å². The molecule has 0 fully saturated rings. The van der Waals surface area contributed by atoms with Crippen LogP contribution in [0.1, 0.15) is 0 Å². The van der Waals surface area contributed by atoms with E-state index >= 15 is 0 Å². The molecule has 0 N–H and O–H groups in total. The first kappa shape index (κ1) is 4.19. The van der Waals surface area contributed by atoms with Gasteiger partial charge in [0.1, 0.15) is 0 Å². The molecule has 0 aliphatic carbocycles. The van der Waals surface area contributed by atoms with E-state index in [2.05, 4.69) is 7.05 Å². The van der Waals surface area contributed by atoms with Crippen LogP contribution in [-0.4, -0.2) is 22.4 Å². The molecule has 2 heteroatoms. The van der Waals surface area contributed by atoms with E-state index < -0.39 is 0 Å². The van der Waals surface area contributed by atoms with Gasteiger partial charge in [-0.05, 0) is 0 Å². The molecule has 0 saturated carbocycles. The van der Waals surface area contributed by atoms with Crippen LogP contribution in [0.4, 0.5) is 0 Å². The molecule has 1 radical (unpaired) electrons. The van der Waals surface area contributed by atoms with Crippen molar-refractivity contribution in [1.82, 2.24) is 0 Å². The van der Waals surface area contributed by atoms with E-state index in [1.165, 1.54) is 5.75 Å². The van der Waals surface area contributed by atoms with Gasteiger partial charge in [0.15, 0.2) is 12.1 Å². The summed E-state index contributed by atoms with van der Waals surface area (Å²) in [5, 5.41) is 0. The van der Waals surface area contributed by atoms with E-state index in [-0.39, 0.29) is 0 Å². The minimum atomic E-state index is 1.12. The Morgan fingerprint density at radius 2 is 2.67 bits per heavy atom. The van der Waals surface area contributed by atoms with Crippen LogP contribution in [0.5, 0.6) is 0 Å². The van der Waals surface area contributed by atoms with E-state index in [4.69, 9.17) is 0 Å². The van der Waals surface area contributed by atoms with Crippen molar-refractivity contribution in [2.75, 3.05) is 12.3 Å². The molecular formula is C4H7NS+. The largest absolute Gasteiger partial charge is 0.223 e.